The summed E-state index contributed by atoms with van der Waals surface area (Å²) in [4.78, 5) is 11.1. The fourth-order valence-electron chi connectivity index (χ4n) is 0.888. The maximum Gasteiger partial charge on any atom is 0.319 e. The molecule has 0 aliphatic carbocycles. The minimum atomic E-state index is -0.281. The lowest BCUT2D eigenvalue weighted by molar-refractivity contribution is 0.254. The summed E-state index contributed by atoms with van der Waals surface area (Å²) in [6, 6.07) is 3.16. The summed E-state index contributed by atoms with van der Waals surface area (Å²) in [7, 11) is 1.55. The molecule has 0 aromatic heterocycles. The van der Waals surface area contributed by atoms with Crippen LogP contribution in [-0.2, 0) is 0 Å². The minimum absolute atomic E-state index is 0.281. The van der Waals surface area contributed by atoms with Gasteiger partial charge in [-0.05, 0) is 44.0 Å². The van der Waals surface area contributed by atoms with E-state index in [1.807, 2.05) is 0 Å². The molecule has 0 heterocycles. The number of benzene rings is 1. The van der Waals surface area contributed by atoms with Gasteiger partial charge in [0.1, 0.15) is 0 Å². The summed E-state index contributed by atoms with van der Waals surface area (Å²) in [5.41, 5.74) is 6.87. The van der Waals surface area contributed by atoms with E-state index in [0.29, 0.717) is 11.4 Å². The Morgan fingerprint density at radius 1 is 1.36 bits per heavy atom. The summed E-state index contributed by atoms with van der Waals surface area (Å²) in [6.07, 6.45) is 0. The maximum absolute atomic E-state index is 11.1. The predicted molar refractivity (Wildman–Crippen MR) is 64.3 cm³/mol. The number of carbonyl (C=O) groups is 1. The lowest BCUT2D eigenvalue weighted by Crippen LogP contribution is -2.24. The molecule has 0 aliphatic rings. The molecule has 1 aromatic rings. The first-order chi connectivity index (χ1) is 6.54. The van der Waals surface area contributed by atoms with E-state index in [1.54, 1.807) is 19.2 Å². The molecule has 14 heavy (non-hydrogen) atoms. The molecule has 6 heteroatoms. The smallest absolute Gasteiger partial charge is 0.319 e. The largest absolute Gasteiger partial charge is 0.399 e. The SMILES string of the molecule is CNC(=O)Nc1c(Br)cc(N)cc1Br. The van der Waals surface area contributed by atoms with E-state index in [9.17, 15) is 4.79 Å². The van der Waals surface area contributed by atoms with E-state index < -0.39 is 0 Å². The molecule has 2 amide bonds. The second-order valence-electron chi connectivity index (χ2n) is 2.56. The zero-order chi connectivity index (χ0) is 10.7. The topological polar surface area (TPSA) is 67.2 Å². The second-order valence-corrected chi connectivity index (χ2v) is 4.27. The number of halogens is 2. The summed E-state index contributed by atoms with van der Waals surface area (Å²) in [6.45, 7) is 0. The highest BCUT2D eigenvalue weighted by molar-refractivity contribution is 9.11. The van der Waals surface area contributed by atoms with Gasteiger partial charge in [0.15, 0.2) is 0 Å². The first kappa shape index (κ1) is 11.3. The summed E-state index contributed by atoms with van der Waals surface area (Å²) in [5, 5.41) is 5.12. The molecule has 4 N–H and O–H groups in total. The lowest BCUT2D eigenvalue weighted by Gasteiger charge is -2.09. The van der Waals surface area contributed by atoms with Gasteiger partial charge in [0.2, 0.25) is 0 Å². The third-order valence-corrected chi connectivity index (χ3v) is 2.78. The number of amides is 2. The summed E-state index contributed by atoms with van der Waals surface area (Å²) in [5.74, 6) is 0. The molecule has 0 unspecified atom stereocenters. The van der Waals surface area contributed by atoms with Crippen molar-refractivity contribution in [1.29, 1.82) is 0 Å². The van der Waals surface area contributed by atoms with Crippen LogP contribution in [0, 0.1) is 0 Å². The number of hydrogen-bond acceptors (Lipinski definition) is 2. The maximum atomic E-state index is 11.1. The van der Waals surface area contributed by atoms with Gasteiger partial charge in [-0.3, -0.25) is 0 Å². The molecular weight excluding hydrogens is 314 g/mol. The van der Waals surface area contributed by atoms with Crippen molar-refractivity contribution in [2.75, 3.05) is 18.1 Å². The average molecular weight is 323 g/mol. The second kappa shape index (κ2) is 4.65. The minimum Gasteiger partial charge on any atom is -0.399 e. The standard InChI is InChI=1S/C8H9Br2N3O/c1-12-8(14)13-7-5(9)2-4(11)3-6(7)10/h2-3H,11H2,1H3,(H2,12,13,14). The normalized spacial score (nSPS) is 9.64. The van der Waals surface area contributed by atoms with Crippen molar-refractivity contribution in [3.63, 3.8) is 0 Å². The summed E-state index contributed by atoms with van der Waals surface area (Å²) >= 11 is 6.61. The van der Waals surface area contributed by atoms with E-state index in [2.05, 4.69) is 42.5 Å². The van der Waals surface area contributed by atoms with Crippen molar-refractivity contribution in [2.45, 2.75) is 0 Å². The number of anilines is 2. The fourth-order valence-corrected chi connectivity index (χ4v) is 2.31. The zero-order valence-corrected chi connectivity index (χ0v) is 10.6. The van der Waals surface area contributed by atoms with Gasteiger partial charge >= 0.3 is 6.03 Å². The molecule has 0 saturated carbocycles. The summed E-state index contributed by atoms with van der Waals surface area (Å²) < 4.78 is 1.46. The van der Waals surface area contributed by atoms with Crippen LogP contribution in [-0.4, -0.2) is 13.1 Å². The van der Waals surface area contributed by atoms with Crippen molar-refractivity contribution >= 4 is 49.3 Å². The molecule has 0 aliphatic heterocycles. The molecule has 1 rings (SSSR count). The van der Waals surface area contributed by atoms with Gasteiger partial charge in [-0.25, -0.2) is 4.79 Å². The molecule has 0 spiro atoms. The highest BCUT2D eigenvalue weighted by atomic mass is 79.9. The number of nitrogen functional groups attached to an aromatic ring is 1. The van der Waals surface area contributed by atoms with E-state index in [1.165, 1.54) is 0 Å². The van der Waals surface area contributed by atoms with Crippen molar-refractivity contribution in [3.05, 3.63) is 21.1 Å². The van der Waals surface area contributed by atoms with Gasteiger partial charge in [-0.15, -0.1) is 0 Å². The molecular formula is C8H9Br2N3O. The van der Waals surface area contributed by atoms with E-state index in [0.717, 1.165) is 8.95 Å². The van der Waals surface area contributed by atoms with Crippen LogP contribution < -0.4 is 16.4 Å². The number of rotatable bonds is 1. The van der Waals surface area contributed by atoms with Crippen LogP contribution in [0.15, 0.2) is 21.1 Å². The van der Waals surface area contributed by atoms with Crippen LogP contribution in [0.1, 0.15) is 0 Å². The predicted octanol–water partition coefficient (Wildman–Crippen LogP) is 2.55. The molecule has 0 radical (unpaired) electrons. The Hall–Kier alpha value is -0.750. The Labute approximate surface area is 98.5 Å². The van der Waals surface area contributed by atoms with Crippen molar-refractivity contribution in [1.82, 2.24) is 5.32 Å². The molecule has 4 nitrogen and oxygen atoms in total. The number of urea groups is 1. The molecule has 0 bridgehead atoms. The molecule has 0 atom stereocenters. The monoisotopic (exact) mass is 321 g/mol. The first-order valence-corrected chi connectivity index (χ1v) is 5.36. The van der Waals surface area contributed by atoms with E-state index in [4.69, 9.17) is 5.73 Å². The Bertz CT molecular complexity index is 345. The Balaban J connectivity index is 3.02. The number of nitrogens with one attached hydrogen (secondary N) is 2. The quantitative estimate of drug-likeness (QED) is 0.696. The zero-order valence-electron chi connectivity index (χ0n) is 7.40. The Morgan fingerprint density at radius 2 is 1.86 bits per heavy atom. The van der Waals surface area contributed by atoms with Crippen LogP contribution in [0.2, 0.25) is 0 Å². The van der Waals surface area contributed by atoms with Crippen LogP contribution in [0.4, 0.5) is 16.2 Å². The van der Waals surface area contributed by atoms with Crippen LogP contribution in [0.5, 0.6) is 0 Å². The third kappa shape index (κ3) is 2.62. The number of hydrogen-bond donors (Lipinski definition) is 3. The van der Waals surface area contributed by atoms with Crippen LogP contribution in [0.25, 0.3) is 0 Å². The van der Waals surface area contributed by atoms with Crippen LogP contribution >= 0.6 is 31.9 Å². The van der Waals surface area contributed by atoms with E-state index in [-0.39, 0.29) is 6.03 Å². The van der Waals surface area contributed by atoms with E-state index >= 15 is 0 Å². The molecule has 0 saturated heterocycles. The first-order valence-electron chi connectivity index (χ1n) is 3.78. The van der Waals surface area contributed by atoms with Gasteiger partial charge in [-0.2, -0.15) is 0 Å². The lowest BCUT2D eigenvalue weighted by atomic mass is 10.3. The number of carbonyl (C=O) groups excluding carboxylic acids is 1. The highest BCUT2D eigenvalue weighted by Crippen LogP contribution is 2.33. The number of nitrogens with two attached hydrogens (primary N) is 1. The van der Waals surface area contributed by atoms with Crippen molar-refractivity contribution in [3.8, 4) is 0 Å². The van der Waals surface area contributed by atoms with Gasteiger partial charge < -0.3 is 16.4 Å². The van der Waals surface area contributed by atoms with Gasteiger partial charge in [0.05, 0.1) is 5.69 Å². The Kier molecular flexibility index (Phi) is 3.77. The molecule has 76 valence electrons. The Morgan fingerprint density at radius 3 is 2.29 bits per heavy atom. The fraction of sp³-hybridized carbons (Fsp3) is 0.125. The molecule has 1 aromatic carbocycles. The third-order valence-electron chi connectivity index (χ3n) is 1.53. The van der Waals surface area contributed by atoms with Gasteiger partial charge in [-0.1, -0.05) is 0 Å². The average Bonchev–Trinajstić information content (AvgIpc) is 2.10. The highest BCUT2D eigenvalue weighted by Gasteiger charge is 2.08. The van der Waals surface area contributed by atoms with Gasteiger partial charge in [0.25, 0.3) is 0 Å². The van der Waals surface area contributed by atoms with Crippen molar-refractivity contribution in [2.24, 2.45) is 0 Å². The van der Waals surface area contributed by atoms with Crippen molar-refractivity contribution < 1.29 is 4.79 Å². The molecule has 0 fully saturated rings. The van der Waals surface area contributed by atoms with Crippen LogP contribution in [0.3, 0.4) is 0 Å². The van der Waals surface area contributed by atoms with Gasteiger partial charge in [0, 0.05) is 21.7 Å².